The van der Waals surface area contributed by atoms with Gasteiger partial charge in [0.2, 0.25) is 0 Å². The fraction of sp³-hybridized carbons (Fsp3) is 0.167. The Morgan fingerprint density at radius 2 is 1.65 bits per heavy atom. The quantitative estimate of drug-likeness (QED) is 0.126. The van der Waals surface area contributed by atoms with Gasteiger partial charge in [-0.2, -0.15) is 5.10 Å². The SMILES string of the molecule is CCCOc1ccc(C(=O)Oc2ccc(/C=N/NC(=O)c3cccc4ccccc34)cc2OCC)cc1. The first-order chi connectivity index (χ1) is 18.1. The Balaban J connectivity index is 1.43. The Bertz CT molecular complexity index is 1410. The lowest BCUT2D eigenvalue weighted by atomic mass is 10.0. The van der Waals surface area contributed by atoms with Crippen LogP contribution in [0.5, 0.6) is 17.2 Å². The maximum atomic E-state index is 12.7. The Labute approximate surface area is 215 Å². The summed E-state index contributed by atoms with van der Waals surface area (Å²) >= 11 is 0. The molecule has 0 aliphatic carbocycles. The summed E-state index contributed by atoms with van der Waals surface area (Å²) in [5, 5.41) is 5.92. The molecule has 4 aromatic rings. The maximum Gasteiger partial charge on any atom is 0.343 e. The number of carbonyl (C=O) groups is 2. The van der Waals surface area contributed by atoms with Crippen LogP contribution in [-0.2, 0) is 0 Å². The van der Waals surface area contributed by atoms with Gasteiger partial charge in [-0.05, 0) is 78.2 Å². The summed E-state index contributed by atoms with van der Waals surface area (Å²) in [6.45, 7) is 4.86. The van der Waals surface area contributed by atoms with Crippen molar-refractivity contribution in [2.45, 2.75) is 20.3 Å². The Kier molecular flexibility index (Phi) is 8.49. The zero-order valence-corrected chi connectivity index (χ0v) is 20.8. The van der Waals surface area contributed by atoms with E-state index in [4.69, 9.17) is 14.2 Å². The van der Waals surface area contributed by atoms with E-state index in [9.17, 15) is 9.59 Å². The second-order valence-electron chi connectivity index (χ2n) is 8.13. The molecule has 0 unspecified atom stereocenters. The third kappa shape index (κ3) is 6.52. The maximum absolute atomic E-state index is 12.7. The predicted octanol–water partition coefficient (Wildman–Crippen LogP) is 6.01. The molecule has 188 valence electrons. The molecule has 0 bridgehead atoms. The van der Waals surface area contributed by atoms with Crippen molar-refractivity contribution < 1.29 is 23.8 Å². The summed E-state index contributed by atoms with van der Waals surface area (Å²) in [6, 6.07) is 25.1. The topological polar surface area (TPSA) is 86.2 Å². The van der Waals surface area contributed by atoms with Crippen molar-refractivity contribution in [2.75, 3.05) is 13.2 Å². The minimum absolute atomic E-state index is 0.287. The average Bonchev–Trinajstić information content (AvgIpc) is 2.93. The Morgan fingerprint density at radius 1 is 0.865 bits per heavy atom. The summed E-state index contributed by atoms with van der Waals surface area (Å²) < 4.78 is 16.8. The van der Waals surface area contributed by atoms with Gasteiger partial charge < -0.3 is 14.2 Å². The Morgan fingerprint density at radius 3 is 2.43 bits per heavy atom. The van der Waals surface area contributed by atoms with Crippen LogP contribution in [0.15, 0.2) is 90.0 Å². The molecule has 0 aliphatic heterocycles. The van der Waals surface area contributed by atoms with E-state index >= 15 is 0 Å². The molecular formula is C30H28N2O5. The van der Waals surface area contributed by atoms with Gasteiger partial charge in [0.15, 0.2) is 11.5 Å². The van der Waals surface area contributed by atoms with Gasteiger partial charge in [-0.15, -0.1) is 0 Å². The van der Waals surface area contributed by atoms with E-state index in [0.717, 1.165) is 17.2 Å². The van der Waals surface area contributed by atoms with E-state index in [1.54, 1.807) is 48.5 Å². The lowest BCUT2D eigenvalue weighted by Crippen LogP contribution is -2.17. The van der Waals surface area contributed by atoms with Crippen LogP contribution in [0.25, 0.3) is 10.8 Å². The summed E-state index contributed by atoms with van der Waals surface area (Å²) in [6.07, 6.45) is 2.41. The summed E-state index contributed by atoms with van der Waals surface area (Å²) in [4.78, 5) is 25.3. The first-order valence-corrected chi connectivity index (χ1v) is 12.1. The number of hydrogen-bond acceptors (Lipinski definition) is 6. The highest BCUT2D eigenvalue weighted by Gasteiger charge is 2.14. The average molecular weight is 497 g/mol. The molecule has 0 saturated carbocycles. The molecule has 1 amide bonds. The number of esters is 1. The first kappa shape index (κ1) is 25.4. The van der Waals surface area contributed by atoms with E-state index in [1.165, 1.54) is 6.21 Å². The molecule has 0 saturated heterocycles. The fourth-order valence-electron chi connectivity index (χ4n) is 3.67. The lowest BCUT2D eigenvalue weighted by molar-refractivity contribution is 0.0728. The number of hydrogen-bond donors (Lipinski definition) is 1. The number of carbonyl (C=O) groups excluding carboxylic acids is 2. The number of rotatable bonds is 10. The largest absolute Gasteiger partial charge is 0.494 e. The van der Waals surface area contributed by atoms with Gasteiger partial charge >= 0.3 is 5.97 Å². The van der Waals surface area contributed by atoms with Crippen LogP contribution in [0.2, 0.25) is 0 Å². The molecule has 0 atom stereocenters. The van der Waals surface area contributed by atoms with Crippen LogP contribution in [0.1, 0.15) is 46.5 Å². The normalized spacial score (nSPS) is 10.9. The molecule has 7 nitrogen and oxygen atoms in total. The fourth-order valence-corrected chi connectivity index (χ4v) is 3.67. The van der Waals surface area contributed by atoms with E-state index in [0.29, 0.717) is 41.4 Å². The van der Waals surface area contributed by atoms with Crippen LogP contribution < -0.4 is 19.6 Å². The molecule has 0 aromatic heterocycles. The van der Waals surface area contributed by atoms with E-state index < -0.39 is 5.97 Å². The van der Waals surface area contributed by atoms with Crippen LogP contribution in [0.3, 0.4) is 0 Å². The third-order valence-corrected chi connectivity index (χ3v) is 5.45. The standard InChI is InChI=1S/C30H28N2O5/c1-3-18-36-24-15-13-23(14-16-24)30(34)37-27-17-12-21(19-28(27)35-4-2)20-31-32-29(33)26-11-7-9-22-8-5-6-10-25(22)26/h5-17,19-20H,3-4,18H2,1-2H3,(H,32,33)/b31-20+. The van der Waals surface area contributed by atoms with E-state index in [1.807, 2.05) is 50.2 Å². The van der Waals surface area contributed by atoms with Crippen LogP contribution in [0, 0.1) is 0 Å². The summed E-state index contributed by atoms with van der Waals surface area (Å²) in [5.74, 6) is 0.560. The van der Waals surface area contributed by atoms with E-state index in [-0.39, 0.29) is 11.7 Å². The number of benzene rings is 4. The van der Waals surface area contributed by atoms with Gasteiger partial charge in [0, 0.05) is 5.56 Å². The lowest BCUT2D eigenvalue weighted by Gasteiger charge is -2.12. The van der Waals surface area contributed by atoms with Crippen molar-refractivity contribution in [1.82, 2.24) is 5.43 Å². The van der Waals surface area contributed by atoms with Crippen molar-refractivity contribution in [3.05, 3.63) is 102 Å². The molecule has 4 aromatic carbocycles. The minimum Gasteiger partial charge on any atom is -0.494 e. The summed E-state index contributed by atoms with van der Waals surface area (Å²) in [5.41, 5.74) is 4.17. The molecule has 0 radical (unpaired) electrons. The molecule has 7 heteroatoms. The smallest absolute Gasteiger partial charge is 0.343 e. The monoisotopic (exact) mass is 496 g/mol. The second-order valence-corrected chi connectivity index (χ2v) is 8.13. The highest BCUT2D eigenvalue weighted by atomic mass is 16.6. The van der Waals surface area contributed by atoms with Crippen molar-refractivity contribution in [3.8, 4) is 17.2 Å². The van der Waals surface area contributed by atoms with Crippen LogP contribution in [0.4, 0.5) is 0 Å². The highest BCUT2D eigenvalue weighted by molar-refractivity contribution is 6.07. The minimum atomic E-state index is -0.508. The van der Waals surface area contributed by atoms with E-state index in [2.05, 4.69) is 10.5 Å². The molecule has 0 spiro atoms. The van der Waals surface area contributed by atoms with Crippen molar-refractivity contribution in [1.29, 1.82) is 0 Å². The molecular weight excluding hydrogens is 468 g/mol. The van der Waals surface area contributed by atoms with Gasteiger partial charge in [-0.1, -0.05) is 43.3 Å². The number of ether oxygens (including phenoxy) is 3. The number of amides is 1. The van der Waals surface area contributed by atoms with Gasteiger partial charge in [0.1, 0.15) is 5.75 Å². The first-order valence-electron chi connectivity index (χ1n) is 12.1. The molecule has 0 heterocycles. The zero-order chi connectivity index (χ0) is 26.0. The summed E-state index contributed by atoms with van der Waals surface area (Å²) in [7, 11) is 0. The molecule has 0 fully saturated rings. The highest BCUT2D eigenvalue weighted by Crippen LogP contribution is 2.29. The molecule has 1 N–H and O–H groups in total. The van der Waals surface area contributed by atoms with Crippen LogP contribution in [-0.4, -0.2) is 31.3 Å². The third-order valence-electron chi connectivity index (χ3n) is 5.45. The van der Waals surface area contributed by atoms with Crippen molar-refractivity contribution in [3.63, 3.8) is 0 Å². The molecule has 37 heavy (non-hydrogen) atoms. The van der Waals surface area contributed by atoms with Gasteiger partial charge in [0.25, 0.3) is 5.91 Å². The van der Waals surface area contributed by atoms with Crippen LogP contribution >= 0.6 is 0 Å². The van der Waals surface area contributed by atoms with Crippen molar-refractivity contribution in [2.24, 2.45) is 5.10 Å². The number of fused-ring (bicyclic) bond motifs is 1. The zero-order valence-electron chi connectivity index (χ0n) is 20.8. The predicted molar refractivity (Wildman–Crippen MR) is 144 cm³/mol. The molecule has 0 aliphatic rings. The number of hydrazone groups is 1. The van der Waals surface area contributed by atoms with Gasteiger partial charge in [-0.3, -0.25) is 4.79 Å². The molecule has 4 rings (SSSR count). The van der Waals surface area contributed by atoms with Gasteiger partial charge in [0.05, 0.1) is 25.0 Å². The Hall–Kier alpha value is -4.65. The number of nitrogens with one attached hydrogen (secondary N) is 1. The second kappa shape index (κ2) is 12.4. The van der Waals surface area contributed by atoms with Crippen molar-refractivity contribution >= 4 is 28.9 Å². The van der Waals surface area contributed by atoms with Gasteiger partial charge in [-0.25, -0.2) is 10.2 Å². The number of nitrogens with zero attached hydrogens (tertiary/aromatic N) is 1.